The van der Waals surface area contributed by atoms with Gasteiger partial charge in [-0.25, -0.2) is 0 Å². The molecule has 108 valence electrons. The molecule has 1 saturated heterocycles. The first-order valence-corrected chi connectivity index (χ1v) is 7.22. The number of nitrogens with zero attached hydrogens (tertiary/aromatic N) is 2. The molecule has 1 aromatic rings. The van der Waals surface area contributed by atoms with Crippen LogP contribution in [0.15, 0.2) is 18.2 Å². The van der Waals surface area contributed by atoms with E-state index in [0.29, 0.717) is 13.0 Å². The van der Waals surface area contributed by atoms with Crippen LogP contribution >= 0.6 is 0 Å². The Balaban J connectivity index is 1.97. The maximum absolute atomic E-state index is 9.02. The number of benzene rings is 1. The number of hydrogen-bond acceptors (Lipinski definition) is 4. The SMILES string of the molecule is Cc1ccc(C)c(OCC(CC#N)N2CCNCC2)c1. The molecule has 0 amide bonds. The zero-order valence-corrected chi connectivity index (χ0v) is 12.4. The molecule has 0 spiro atoms. The van der Waals surface area contributed by atoms with Crippen LogP contribution in [0.3, 0.4) is 0 Å². The zero-order valence-electron chi connectivity index (χ0n) is 12.4. The topological polar surface area (TPSA) is 48.3 Å². The number of ether oxygens (including phenoxy) is 1. The van der Waals surface area contributed by atoms with Crippen molar-refractivity contribution in [1.29, 1.82) is 5.26 Å². The molecule has 0 aromatic heterocycles. The molecule has 2 rings (SSSR count). The average Bonchev–Trinajstić information content (AvgIpc) is 2.47. The lowest BCUT2D eigenvalue weighted by molar-refractivity contribution is 0.123. The second-order valence-corrected chi connectivity index (χ2v) is 5.38. The molecule has 1 fully saturated rings. The highest BCUT2D eigenvalue weighted by molar-refractivity contribution is 5.36. The van der Waals surface area contributed by atoms with E-state index in [1.165, 1.54) is 5.56 Å². The van der Waals surface area contributed by atoms with Crippen LogP contribution in [0.4, 0.5) is 0 Å². The fraction of sp³-hybridized carbons (Fsp3) is 0.562. The maximum Gasteiger partial charge on any atom is 0.122 e. The summed E-state index contributed by atoms with van der Waals surface area (Å²) in [7, 11) is 0. The van der Waals surface area contributed by atoms with Crippen molar-refractivity contribution in [3.8, 4) is 11.8 Å². The number of hydrogen-bond donors (Lipinski definition) is 1. The number of piperazine rings is 1. The molecule has 1 aliphatic heterocycles. The summed E-state index contributed by atoms with van der Waals surface area (Å²) in [5, 5.41) is 12.4. The van der Waals surface area contributed by atoms with E-state index in [9.17, 15) is 0 Å². The standard InChI is InChI=1S/C16H23N3O/c1-13-3-4-14(2)16(11-13)20-12-15(5-6-17)19-9-7-18-8-10-19/h3-4,11,15,18H,5,7-10,12H2,1-2H3. The summed E-state index contributed by atoms with van der Waals surface area (Å²) in [5.41, 5.74) is 2.34. The summed E-state index contributed by atoms with van der Waals surface area (Å²) in [6.07, 6.45) is 0.519. The van der Waals surface area contributed by atoms with Crippen LogP contribution < -0.4 is 10.1 Å². The predicted molar refractivity (Wildman–Crippen MR) is 79.9 cm³/mol. The van der Waals surface area contributed by atoms with Crippen molar-refractivity contribution in [1.82, 2.24) is 10.2 Å². The van der Waals surface area contributed by atoms with Crippen LogP contribution in [0.1, 0.15) is 17.5 Å². The monoisotopic (exact) mass is 273 g/mol. The minimum Gasteiger partial charge on any atom is -0.492 e. The maximum atomic E-state index is 9.02. The molecule has 0 bridgehead atoms. The first-order valence-electron chi connectivity index (χ1n) is 7.22. The van der Waals surface area contributed by atoms with Crippen LogP contribution in [0, 0.1) is 25.2 Å². The van der Waals surface area contributed by atoms with Gasteiger partial charge in [-0.1, -0.05) is 12.1 Å². The van der Waals surface area contributed by atoms with Crippen molar-refractivity contribution in [2.45, 2.75) is 26.3 Å². The van der Waals surface area contributed by atoms with E-state index in [1.807, 2.05) is 0 Å². The fourth-order valence-electron chi connectivity index (χ4n) is 2.49. The molecular weight excluding hydrogens is 250 g/mol. The average molecular weight is 273 g/mol. The van der Waals surface area contributed by atoms with Crippen LogP contribution in [0.2, 0.25) is 0 Å². The van der Waals surface area contributed by atoms with Crippen LogP contribution in [-0.4, -0.2) is 43.7 Å². The van der Waals surface area contributed by atoms with Crippen molar-refractivity contribution in [3.63, 3.8) is 0 Å². The molecule has 4 nitrogen and oxygen atoms in total. The molecule has 0 saturated carbocycles. The van der Waals surface area contributed by atoms with Gasteiger partial charge in [-0.05, 0) is 31.0 Å². The summed E-state index contributed by atoms with van der Waals surface area (Å²) in [4.78, 5) is 2.35. The highest BCUT2D eigenvalue weighted by Gasteiger charge is 2.21. The molecule has 0 aliphatic carbocycles. The third-order valence-electron chi connectivity index (χ3n) is 3.77. The highest BCUT2D eigenvalue weighted by atomic mass is 16.5. The van der Waals surface area contributed by atoms with Crippen molar-refractivity contribution in [2.75, 3.05) is 32.8 Å². The van der Waals surface area contributed by atoms with Crippen LogP contribution in [0.5, 0.6) is 5.75 Å². The van der Waals surface area contributed by atoms with E-state index in [2.05, 4.69) is 48.3 Å². The van der Waals surface area contributed by atoms with Gasteiger partial charge in [0.1, 0.15) is 12.4 Å². The lowest BCUT2D eigenvalue weighted by Gasteiger charge is -2.33. The van der Waals surface area contributed by atoms with Crippen LogP contribution in [0.25, 0.3) is 0 Å². The van der Waals surface area contributed by atoms with E-state index < -0.39 is 0 Å². The Morgan fingerprint density at radius 2 is 2.10 bits per heavy atom. The van der Waals surface area contributed by atoms with Gasteiger partial charge in [-0.3, -0.25) is 4.90 Å². The van der Waals surface area contributed by atoms with Crippen molar-refractivity contribution in [2.24, 2.45) is 0 Å². The minimum atomic E-state index is 0.182. The van der Waals surface area contributed by atoms with Gasteiger partial charge in [-0.15, -0.1) is 0 Å². The van der Waals surface area contributed by atoms with Gasteiger partial charge in [0, 0.05) is 26.2 Å². The van der Waals surface area contributed by atoms with E-state index >= 15 is 0 Å². The molecule has 20 heavy (non-hydrogen) atoms. The van der Waals surface area contributed by atoms with Gasteiger partial charge in [-0.2, -0.15) is 5.26 Å². The highest BCUT2D eigenvalue weighted by Crippen LogP contribution is 2.20. The Labute approximate surface area is 121 Å². The number of nitriles is 1. The summed E-state index contributed by atoms with van der Waals surface area (Å²) in [6.45, 7) is 8.66. The largest absolute Gasteiger partial charge is 0.492 e. The molecule has 1 heterocycles. The number of aryl methyl sites for hydroxylation is 2. The molecule has 1 aliphatic rings. The van der Waals surface area contributed by atoms with Gasteiger partial charge in [0.25, 0.3) is 0 Å². The van der Waals surface area contributed by atoms with Gasteiger partial charge < -0.3 is 10.1 Å². The first kappa shape index (κ1) is 14.8. The molecule has 1 N–H and O–H groups in total. The van der Waals surface area contributed by atoms with Gasteiger partial charge in [0.2, 0.25) is 0 Å². The second kappa shape index (κ2) is 7.28. The normalized spacial score (nSPS) is 17.4. The molecule has 4 heteroatoms. The van der Waals surface area contributed by atoms with E-state index in [0.717, 1.165) is 37.5 Å². The van der Waals surface area contributed by atoms with E-state index in [-0.39, 0.29) is 6.04 Å². The summed E-state index contributed by atoms with van der Waals surface area (Å²) >= 11 is 0. The summed E-state index contributed by atoms with van der Waals surface area (Å²) in [6, 6.07) is 8.70. The Hall–Kier alpha value is -1.57. The van der Waals surface area contributed by atoms with Crippen molar-refractivity contribution < 1.29 is 4.74 Å². The summed E-state index contributed by atoms with van der Waals surface area (Å²) < 4.78 is 5.97. The zero-order chi connectivity index (χ0) is 14.4. The smallest absolute Gasteiger partial charge is 0.122 e. The third kappa shape index (κ3) is 3.96. The summed E-state index contributed by atoms with van der Waals surface area (Å²) in [5.74, 6) is 0.933. The third-order valence-corrected chi connectivity index (χ3v) is 3.77. The minimum absolute atomic E-state index is 0.182. The number of rotatable bonds is 5. The molecular formula is C16H23N3O. The van der Waals surface area contributed by atoms with Crippen LogP contribution in [-0.2, 0) is 0 Å². The van der Waals surface area contributed by atoms with Gasteiger partial charge in [0.05, 0.1) is 18.5 Å². The molecule has 1 unspecified atom stereocenters. The molecule has 1 atom stereocenters. The van der Waals surface area contributed by atoms with Gasteiger partial charge >= 0.3 is 0 Å². The lowest BCUT2D eigenvalue weighted by Crippen LogP contribution is -2.50. The predicted octanol–water partition coefficient (Wildman–Crippen LogP) is 1.87. The Kier molecular flexibility index (Phi) is 5.40. The second-order valence-electron chi connectivity index (χ2n) is 5.38. The Morgan fingerprint density at radius 1 is 1.35 bits per heavy atom. The van der Waals surface area contributed by atoms with Crippen molar-refractivity contribution in [3.05, 3.63) is 29.3 Å². The van der Waals surface area contributed by atoms with E-state index in [4.69, 9.17) is 10.00 Å². The molecule has 0 radical (unpaired) electrons. The Bertz CT molecular complexity index is 475. The Morgan fingerprint density at radius 3 is 2.80 bits per heavy atom. The van der Waals surface area contributed by atoms with E-state index in [1.54, 1.807) is 0 Å². The molecule has 1 aromatic carbocycles. The fourth-order valence-corrected chi connectivity index (χ4v) is 2.49. The quantitative estimate of drug-likeness (QED) is 0.890. The lowest BCUT2D eigenvalue weighted by atomic mass is 10.1. The van der Waals surface area contributed by atoms with Crippen molar-refractivity contribution >= 4 is 0 Å². The number of nitrogens with one attached hydrogen (secondary N) is 1. The van der Waals surface area contributed by atoms with Gasteiger partial charge in [0.15, 0.2) is 0 Å². The first-order chi connectivity index (χ1) is 9.70.